The van der Waals surface area contributed by atoms with Gasteiger partial charge in [0.05, 0.1) is 0 Å². The highest BCUT2D eigenvalue weighted by atomic mass is 35.5. The number of halogens is 1. The molecule has 1 fully saturated rings. The number of likely N-dealkylation sites (tertiary alicyclic amines) is 1. The number of benzene rings is 2. The molecule has 9 heteroatoms. The van der Waals surface area contributed by atoms with E-state index in [2.05, 4.69) is 20.8 Å². The first kappa shape index (κ1) is 21.3. The van der Waals surface area contributed by atoms with Crippen LogP contribution in [0.15, 0.2) is 48.5 Å². The van der Waals surface area contributed by atoms with Crippen LogP contribution in [-0.2, 0) is 0 Å². The molecule has 3 amide bonds. The number of aromatic nitrogens is 2. The lowest BCUT2D eigenvalue weighted by molar-refractivity contribution is 0.102. The number of nitrogens with zero attached hydrogens (tertiary/aromatic N) is 3. The summed E-state index contributed by atoms with van der Waals surface area (Å²) in [6, 6.07) is 14.4. The van der Waals surface area contributed by atoms with Crippen molar-refractivity contribution < 1.29 is 9.59 Å². The number of rotatable bonds is 4. The van der Waals surface area contributed by atoms with Crippen molar-refractivity contribution in [3.05, 3.63) is 69.1 Å². The van der Waals surface area contributed by atoms with Gasteiger partial charge in [0.1, 0.15) is 5.01 Å². The summed E-state index contributed by atoms with van der Waals surface area (Å²) in [5, 5.41) is 15.8. The van der Waals surface area contributed by atoms with E-state index in [-0.39, 0.29) is 17.9 Å². The first-order valence-electron chi connectivity index (χ1n) is 10.0. The van der Waals surface area contributed by atoms with Crippen LogP contribution >= 0.6 is 22.9 Å². The third kappa shape index (κ3) is 5.21. The van der Waals surface area contributed by atoms with Gasteiger partial charge in [0, 0.05) is 35.4 Å². The molecule has 1 aliphatic rings. The van der Waals surface area contributed by atoms with Gasteiger partial charge in [-0.05, 0) is 55.7 Å². The first-order chi connectivity index (χ1) is 15.0. The van der Waals surface area contributed by atoms with Crippen LogP contribution in [0.5, 0.6) is 0 Å². The zero-order valence-corrected chi connectivity index (χ0v) is 18.5. The molecule has 0 spiro atoms. The molecular weight excluding hydrogens is 434 g/mol. The lowest BCUT2D eigenvalue weighted by Gasteiger charge is -2.31. The van der Waals surface area contributed by atoms with Crippen LogP contribution in [0.1, 0.15) is 39.1 Å². The fourth-order valence-corrected chi connectivity index (χ4v) is 4.47. The van der Waals surface area contributed by atoms with E-state index in [1.54, 1.807) is 29.2 Å². The van der Waals surface area contributed by atoms with Gasteiger partial charge in [0.2, 0.25) is 5.01 Å². The Morgan fingerprint density at radius 3 is 2.65 bits per heavy atom. The summed E-state index contributed by atoms with van der Waals surface area (Å²) < 4.78 is 0. The fraction of sp³-hybridized carbons (Fsp3) is 0.273. The van der Waals surface area contributed by atoms with E-state index in [1.807, 2.05) is 31.2 Å². The van der Waals surface area contributed by atoms with Gasteiger partial charge in [-0.25, -0.2) is 4.79 Å². The number of hydrogen-bond acceptors (Lipinski definition) is 5. The van der Waals surface area contributed by atoms with Crippen LogP contribution in [0.3, 0.4) is 0 Å². The summed E-state index contributed by atoms with van der Waals surface area (Å²) in [7, 11) is 0. The Balaban J connectivity index is 1.39. The molecule has 1 saturated heterocycles. The number of carbonyl (C=O) groups excluding carboxylic acids is 2. The Morgan fingerprint density at radius 1 is 1.10 bits per heavy atom. The van der Waals surface area contributed by atoms with E-state index in [4.69, 9.17) is 11.6 Å². The van der Waals surface area contributed by atoms with Crippen LogP contribution < -0.4 is 10.6 Å². The van der Waals surface area contributed by atoms with Crippen LogP contribution in [-0.4, -0.2) is 40.1 Å². The predicted molar refractivity (Wildman–Crippen MR) is 123 cm³/mol. The second-order valence-corrected chi connectivity index (χ2v) is 8.88. The molecule has 2 N–H and O–H groups in total. The van der Waals surface area contributed by atoms with Gasteiger partial charge in [-0.1, -0.05) is 41.1 Å². The highest BCUT2D eigenvalue weighted by Gasteiger charge is 2.28. The Labute approximate surface area is 189 Å². The molecule has 2 heterocycles. The summed E-state index contributed by atoms with van der Waals surface area (Å²) in [6.45, 7) is 3.15. The van der Waals surface area contributed by atoms with E-state index < -0.39 is 0 Å². The van der Waals surface area contributed by atoms with Crippen molar-refractivity contribution in [2.45, 2.75) is 25.7 Å². The maximum atomic E-state index is 12.7. The van der Waals surface area contributed by atoms with E-state index in [0.29, 0.717) is 28.8 Å². The summed E-state index contributed by atoms with van der Waals surface area (Å²) >= 11 is 7.18. The lowest BCUT2D eigenvalue weighted by Crippen LogP contribution is -2.41. The second kappa shape index (κ2) is 9.45. The normalized spacial score (nSPS) is 16.1. The molecule has 160 valence electrons. The number of hydrogen-bond donors (Lipinski definition) is 2. The molecule has 7 nitrogen and oxygen atoms in total. The molecule has 1 atom stereocenters. The summed E-state index contributed by atoms with van der Waals surface area (Å²) in [5.74, 6) is -0.214. The number of piperidine rings is 1. The van der Waals surface area contributed by atoms with E-state index in [9.17, 15) is 9.59 Å². The summed E-state index contributed by atoms with van der Waals surface area (Å²) in [4.78, 5) is 27.0. The van der Waals surface area contributed by atoms with Crippen molar-refractivity contribution in [3.63, 3.8) is 0 Å². The minimum absolute atomic E-state index is 0.0576. The number of urea groups is 1. The number of amides is 3. The molecule has 0 saturated carbocycles. The topological polar surface area (TPSA) is 87.2 Å². The smallest absolute Gasteiger partial charge is 0.321 e. The minimum atomic E-state index is -0.272. The van der Waals surface area contributed by atoms with E-state index in [1.165, 1.54) is 11.3 Å². The molecule has 31 heavy (non-hydrogen) atoms. The maximum Gasteiger partial charge on any atom is 0.321 e. The van der Waals surface area contributed by atoms with Crippen molar-refractivity contribution in [3.8, 4) is 0 Å². The van der Waals surface area contributed by atoms with Crippen molar-refractivity contribution in [2.75, 3.05) is 23.7 Å². The molecule has 2 aromatic carbocycles. The molecule has 0 radical (unpaired) electrons. The molecule has 1 unspecified atom stereocenters. The number of carbonyl (C=O) groups is 2. The van der Waals surface area contributed by atoms with Crippen LogP contribution in [0, 0.1) is 6.92 Å². The highest BCUT2D eigenvalue weighted by molar-refractivity contribution is 7.13. The summed E-state index contributed by atoms with van der Waals surface area (Å²) in [6.07, 6.45) is 1.77. The quantitative estimate of drug-likeness (QED) is 0.568. The van der Waals surface area contributed by atoms with Crippen LogP contribution in [0.2, 0.25) is 5.02 Å². The Morgan fingerprint density at radius 2 is 1.87 bits per heavy atom. The second-order valence-electron chi connectivity index (χ2n) is 7.44. The van der Waals surface area contributed by atoms with Crippen molar-refractivity contribution in [1.29, 1.82) is 0 Å². The summed E-state index contributed by atoms with van der Waals surface area (Å²) in [5.41, 5.74) is 2.43. The zero-order valence-electron chi connectivity index (χ0n) is 17.0. The average Bonchev–Trinajstić information content (AvgIpc) is 3.28. The number of anilines is 2. The number of nitrogens with one attached hydrogen (secondary N) is 2. The monoisotopic (exact) mass is 455 g/mol. The first-order valence-corrected chi connectivity index (χ1v) is 11.2. The number of para-hydroxylation sites is 1. The van der Waals surface area contributed by atoms with Crippen molar-refractivity contribution in [1.82, 2.24) is 15.1 Å². The third-order valence-corrected chi connectivity index (χ3v) is 6.52. The molecule has 1 aliphatic heterocycles. The van der Waals surface area contributed by atoms with Gasteiger partial charge in [-0.2, -0.15) is 0 Å². The largest absolute Gasteiger partial charge is 0.324 e. The molecule has 1 aromatic heterocycles. The standard InChI is InChI=1S/C22H22ClN5O2S/c1-14-5-2-3-7-18(14)25-19(29)21-27-26-20(31-21)15-6-4-12-28(13-15)22(30)24-17-10-8-16(23)9-11-17/h2-3,5,7-11,15H,4,6,12-13H2,1H3,(H,24,30)(H,25,29). The predicted octanol–water partition coefficient (Wildman–Crippen LogP) is 5.16. The van der Waals surface area contributed by atoms with Gasteiger partial charge < -0.3 is 15.5 Å². The van der Waals surface area contributed by atoms with Crippen LogP contribution in [0.4, 0.5) is 16.2 Å². The average molecular weight is 456 g/mol. The van der Waals surface area contributed by atoms with Gasteiger partial charge in [0.25, 0.3) is 5.91 Å². The SMILES string of the molecule is Cc1ccccc1NC(=O)c1nnc(C2CCCN(C(=O)Nc3ccc(Cl)cc3)C2)s1. The highest BCUT2D eigenvalue weighted by Crippen LogP contribution is 2.30. The fourth-order valence-electron chi connectivity index (χ4n) is 3.48. The Bertz CT molecular complexity index is 1090. The van der Waals surface area contributed by atoms with Gasteiger partial charge in [-0.3, -0.25) is 4.79 Å². The maximum absolute atomic E-state index is 12.7. The molecule has 4 rings (SSSR count). The lowest BCUT2D eigenvalue weighted by atomic mass is 9.99. The Hall–Kier alpha value is -2.97. The van der Waals surface area contributed by atoms with Crippen LogP contribution in [0.25, 0.3) is 0 Å². The number of aryl methyl sites for hydroxylation is 1. The third-order valence-electron chi connectivity index (χ3n) is 5.18. The van der Waals surface area contributed by atoms with E-state index >= 15 is 0 Å². The van der Waals surface area contributed by atoms with Crippen molar-refractivity contribution in [2.24, 2.45) is 0 Å². The molecule has 0 aliphatic carbocycles. The molecule has 3 aromatic rings. The molecular formula is C22H22ClN5O2S. The van der Waals surface area contributed by atoms with Gasteiger partial charge >= 0.3 is 6.03 Å². The van der Waals surface area contributed by atoms with Gasteiger partial charge in [0.15, 0.2) is 0 Å². The van der Waals surface area contributed by atoms with E-state index in [0.717, 1.165) is 29.1 Å². The zero-order chi connectivity index (χ0) is 21.8. The minimum Gasteiger partial charge on any atom is -0.324 e. The molecule has 0 bridgehead atoms. The van der Waals surface area contributed by atoms with Gasteiger partial charge in [-0.15, -0.1) is 10.2 Å². The van der Waals surface area contributed by atoms with Crippen molar-refractivity contribution >= 4 is 46.3 Å². The Kier molecular flexibility index (Phi) is 6.48.